The Bertz CT molecular complexity index is 1310. The Hall–Kier alpha value is -2.98. The highest BCUT2D eigenvalue weighted by Gasteiger charge is 2.14. The number of nitro groups is 1. The third kappa shape index (κ3) is 6.54. The van der Waals surface area contributed by atoms with Gasteiger partial charge < -0.3 is 10.1 Å². The van der Waals surface area contributed by atoms with E-state index < -0.39 is 10.8 Å². The van der Waals surface area contributed by atoms with E-state index in [-0.39, 0.29) is 17.9 Å². The zero-order valence-electron chi connectivity index (χ0n) is 18.3. The topological polar surface area (TPSA) is 105 Å². The number of nitrogens with zero attached hydrogens (tertiary/aromatic N) is 2. The molecule has 34 heavy (non-hydrogen) atoms. The average molecular weight is 679 g/mol. The van der Waals surface area contributed by atoms with Gasteiger partial charge >= 0.3 is 0 Å². The molecule has 0 heterocycles. The molecule has 0 saturated carbocycles. The molecule has 1 N–H and O–H groups in total. The van der Waals surface area contributed by atoms with E-state index in [4.69, 9.17) is 4.74 Å². The molecule has 7 nitrogen and oxygen atoms in total. The summed E-state index contributed by atoms with van der Waals surface area (Å²) < 4.78 is 7.56. The van der Waals surface area contributed by atoms with Crippen LogP contribution in [-0.2, 0) is 11.4 Å². The predicted octanol–water partition coefficient (Wildman–Crippen LogP) is 6.55. The number of nitriles is 1. The van der Waals surface area contributed by atoms with Crippen molar-refractivity contribution < 1.29 is 14.5 Å². The molecule has 0 spiro atoms. The number of hydrogen-bond acceptors (Lipinski definition) is 5. The third-order valence-electron chi connectivity index (χ3n) is 4.86. The van der Waals surface area contributed by atoms with Gasteiger partial charge in [0.2, 0.25) is 0 Å². The van der Waals surface area contributed by atoms with Crippen LogP contribution < -0.4 is 10.1 Å². The van der Waals surface area contributed by atoms with Gasteiger partial charge in [0.25, 0.3) is 11.6 Å². The average Bonchev–Trinajstić information content (AvgIpc) is 2.79. The van der Waals surface area contributed by atoms with E-state index in [2.05, 4.69) is 50.5 Å². The Morgan fingerprint density at radius 3 is 2.32 bits per heavy atom. The number of non-ortho nitro benzene ring substituents is 1. The smallest absolute Gasteiger partial charge is 0.269 e. The molecule has 3 aromatic rings. The molecule has 0 fully saturated rings. The van der Waals surface area contributed by atoms with Gasteiger partial charge in [-0.1, -0.05) is 17.7 Å². The van der Waals surface area contributed by atoms with E-state index in [1.807, 2.05) is 50.2 Å². The molecule has 9 heteroatoms. The summed E-state index contributed by atoms with van der Waals surface area (Å²) in [4.78, 5) is 23.0. The number of ether oxygens (including phenoxy) is 1. The monoisotopic (exact) mass is 679 g/mol. The summed E-state index contributed by atoms with van der Waals surface area (Å²) in [5.74, 6) is 0.188. The van der Waals surface area contributed by atoms with Crippen molar-refractivity contribution in [1.82, 2.24) is 0 Å². The van der Waals surface area contributed by atoms with E-state index in [1.165, 1.54) is 12.1 Å². The molecule has 3 rings (SSSR count). The van der Waals surface area contributed by atoms with Gasteiger partial charge in [-0.3, -0.25) is 14.9 Å². The Morgan fingerprint density at radius 1 is 1.12 bits per heavy atom. The molecule has 0 aliphatic carbocycles. The van der Waals surface area contributed by atoms with Gasteiger partial charge in [-0.15, -0.1) is 0 Å². The zero-order valence-corrected chi connectivity index (χ0v) is 22.6. The molecular formula is C25H19I2N3O4. The number of anilines is 1. The van der Waals surface area contributed by atoms with Crippen LogP contribution in [0.15, 0.2) is 60.2 Å². The molecule has 0 saturated heterocycles. The van der Waals surface area contributed by atoms with Crippen molar-refractivity contribution >= 4 is 68.5 Å². The number of carbonyl (C=O) groups excluding carboxylic acids is 1. The normalized spacial score (nSPS) is 11.0. The Balaban J connectivity index is 1.76. The van der Waals surface area contributed by atoms with Crippen LogP contribution >= 0.6 is 45.2 Å². The van der Waals surface area contributed by atoms with Gasteiger partial charge in [0.1, 0.15) is 24.0 Å². The molecule has 0 aliphatic heterocycles. The fourth-order valence-corrected chi connectivity index (χ4v) is 5.26. The number of carbonyl (C=O) groups is 1. The molecule has 0 atom stereocenters. The third-order valence-corrected chi connectivity index (χ3v) is 6.46. The zero-order chi connectivity index (χ0) is 24.8. The molecule has 0 aliphatic rings. The second-order valence-electron chi connectivity index (χ2n) is 7.47. The Morgan fingerprint density at radius 2 is 1.76 bits per heavy atom. The number of hydrogen-bond donors (Lipinski definition) is 1. The first-order valence-corrected chi connectivity index (χ1v) is 12.2. The lowest BCUT2D eigenvalue weighted by Gasteiger charge is -2.12. The lowest BCUT2D eigenvalue weighted by molar-refractivity contribution is -0.384. The number of nitro benzene ring substituents is 1. The number of aryl methyl sites for hydroxylation is 2. The van der Waals surface area contributed by atoms with Gasteiger partial charge in [0.15, 0.2) is 0 Å². The van der Waals surface area contributed by atoms with Crippen LogP contribution in [0.2, 0.25) is 0 Å². The van der Waals surface area contributed by atoms with E-state index in [1.54, 1.807) is 18.2 Å². The number of rotatable bonds is 7. The minimum Gasteiger partial charge on any atom is -0.487 e. The lowest BCUT2D eigenvalue weighted by Crippen LogP contribution is -2.14. The fraction of sp³-hybridized carbons (Fsp3) is 0.120. The molecule has 3 aromatic carbocycles. The first-order valence-electron chi connectivity index (χ1n) is 10.0. The Labute approximate surface area is 224 Å². The van der Waals surface area contributed by atoms with Crippen LogP contribution in [-0.4, -0.2) is 10.8 Å². The van der Waals surface area contributed by atoms with Crippen molar-refractivity contribution in [1.29, 1.82) is 5.26 Å². The van der Waals surface area contributed by atoms with Crippen molar-refractivity contribution in [2.24, 2.45) is 0 Å². The van der Waals surface area contributed by atoms with Crippen molar-refractivity contribution in [3.63, 3.8) is 0 Å². The van der Waals surface area contributed by atoms with Gasteiger partial charge in [-0.2, -0.15) is 5.26 Å². The molecule has 0 bridgehead atoms. The summed E-state index contributed by atoms with van der Waals surface area (Å²) >= 11 is 4.28. The van der Waals surface area contributed by atoms with Crippen LogP contribution in [0.5, 0.6) is 5.75 Å². The summed E-state index contributed by atoms with van der Waals surface area (Å²) in [5.41, 5.74) is 4.19. The number of nitrogens with one attached hydrogen (secondary N) is 1. The van der Waals surface area contributed by atoms with E-state index >= 15 is 0 Å². The van der Waals surface area contributed by atoms with Crippen molar-refractivity contribution in [3.8, 4) is 11.8 Å². The molecule has 172 valence electrons. The maximum atomic E-state index is 12.7. The van der Waals surface area contributed by atoms with Crippen molar-refractivity contribution in [2.75, 3.05) is 5.32 Å². The highest BCUT2D eigenvalue weighted by atomic mass is 127. The molecule has 0 unspecified atom stereocenters. The van der Waals surface area contributed by atoms with Crippen LogP contribution in [0, 0.1) is 42.4 Å². The maximum Gasteiger partial charge on any atom is 0.269 e. The minimum absolute atomic E-state index is 0.00822. The summed E-state index contributed by atoms with van der Waals surface area (Å²) in [7, 11) is 0. The van der Waals surface area contributed by atoms with Crippen molar-refractivity contribution in [2.45, 2.75) is 20.5 Å². The van der Waals surface area contributed by atoms with Gasteiger partial charge in [-0.05, 0) is 112 Å². The SMILES string of the molecule is Cc1ccc(NC(=O)/C(C#N)=C/c2cc(I)c(OCc3ccc([N+](=O)[O-])cc3)c(I)c2)c(C)c1. The summed E-state index contributed by atoms with van der Waals surface area (Å²) in [6.45, 7) is 4.13. The first-order chi connectivity index (χ1) is 16.2. The summed E-state index contributed by atoms with van der Waals surface area (Å²) in [6, 6.07) is 17.5. The number of benzene rings is 3. The van der Waals surface area contributed by atoms with Crippen LogP contribution in [0.3, 0.4) is 0 Å². The second-order valence-corrected chi connectivity index (χ2v) is 9.79. The molecule has 1 amide bonds. The number of amides is 1. The largest absolute Gasteiger partial charge is 0.487 e. The van der Waals surface area contributed by atoms with E-state index in [0.717, 1.165) is 23.8 Å². The summed E-state index contributed by atoms with van der Waals surface area (Å²) in [5, 5.41) is 23.1. The predicted molar refractivity (Wildman–Crippen MR) is 147 cm³/mol. The van der Waals surface area contributed by atoms with Gasteiger partial charge in [-0.25, -0.2) is 0 Å². The summed E-state index contributed by atoms with van der Waals surface area (Å²) in [6.07, 6.45) is 1.54. The minimum atomic E-state index is -0.474. The second kappa shape index (κ2) is 11.4. The number of halogens is 2. The highest BCUT2D eigenvalue weighted by Crippen LogP contribution is 2.31. The van der Waals surface area contributed by atoms with E-state index in [9.17, 15) is 20.2 Å². The standard InChI is InChI=1S/C25H19I2N3O4/c1-15-3-8-23(16(2)9-15)29-25(31)19(13-28)10-18-11-21(26)24(22(27)12-18)34-14-17-4-6-20(7-5-17)30(32)33/h3-12H,14H2,1-2H3,(H,29,31)/b19-10+. The fourth-order valence-electron chi connectivity index (χ4n) is 3.13. The van der Waals surface area contributed by atoms with Crippen LogP contribution in [0.4, 0.5) is 11.4 Å². The molecular weight excluding hydrogens is 660 g/mol. The quantitative estimate of drug-likeness (QED) is 0.100. The Kier molecular flexibility index (Phi) is 8.62. The van der Waals surface area contributed by atoms with Crippen LogP contribution in [0.1, 0.15) is 22.3 Å². The highest BCUT2D eigenvalue weighted by molar-refractivity contribution is 14.1. The molecule has 0 radical (unpaired) electrons. The van der Waals surface area contributed by atoms with Crippen molar-refractivity contribution in [3.05, 3.63) is 99.7 Å². The first kappa shape index (κ1) is 25.6. The van der Waals surface area contributed by atoms with Crippen LogP contribution in [0.25, 0.3) is 6.08 Å². The maximum absolute atomic E-state index is 12.7. The molecule has 0 aromatic heterocycles. The van der Waals surface area contributed by atoms with Gasteiger partial charge in [0, 0.05) is 17.8 Å². The van der Waals surface area contributed by atoms with Gasteiger partial charge in [0.05, 0.1) is 12.1 Å². The van der Waals surface area contributed by atoms with E-state index in [0.29, 0.717) is 17.0 Å². The lowest BCUT2D eigenvalue weighted by atomic mass is 10.1.